The number of ether oxygens (including phenoxy) is 2. The Bertz CT molecular complexity index is 292. The van der Waals surface area contributed by atoms with E-state index in [1.165, 1.54) is 5.19 Å². The van der Waals surface area contributed by atoms with E-state index >= 15 is 0 Å². The van der Waals surface area contributed by atoms with Gasteiger partial charge in [-0.15, -0.1) is 0 Å². The van der Waals surface area contributed by atoms with Gasteiger partial charge in [-0.05, 0) is 11.3 Å². The molecule has 0 unspecified atom stereocenters. The highest BCUT2D eigenvalue weighted by Crippen LogP contribution is 2.13. The lowest BCUT2D eigenvalue weighted by molar-refractivity contribution is 0.0518. The fourth-order valence-corrected chi connectivity index (χ4v) is 2.83. The van der Waals surface area contributed by atoms with Gasteiger partial charge in [-0.3, -0.25) is 0 Å². The zero-order chi connectivity index (χ0) is 10.6. The molecule has 0 aliphatic rings. The highest BCUT2D eigenvalue weighted by atomic mass is 28.3. The van der Waals surface area contributed by atoms with Crippen LogP contribution in [0.3, 0.4) is 0 Å². The summed E-state index contributed by atoms with van der Waals surface area (Å²) in [6.07, 6.45) is 0. The summed E-state index contributed by atoms with van der Waals surface area (Å²) in [4.78, 5) is 0. The van der Waals surface area contributed by atoms with Crippen molar-refractivity contribution in [3.8, 4) is 5.75 Å². The average Bonchev–Trinajstić information content (AvgIpc) is 2.14. The van der Waals surface area contributed by atoms with Crippen molar-refractivity contribution in [1.82, 2.24) is 0 Å². The monoisotopic (exact) mass is 210 g/mol. The topological polar surface area (TPSA) is 18.5 Å². The number of hydrogen-bond acceptors (Lipinski definition) is 2. The fraction of sp³-hybridized carbons (Fsp3) is 0.455. The predicted molar refractivity (Wildman–Crippen MR) is 61.9 cm³/mol. The Hall–Kier alpha value is -0.803. The summed E-state index contributed by atoms with van der Waals surface area (Å²) in [5.74, 6) is 0.966. The van der Waals surface area contributed by atoms with Crippen LogP contribution in [0.1, 0.15) is 0 Å². The molecule has 0 aliphatic heterocycles. The van der Waals surface area contributed by atoms with Gasteiger partial charge in [0.15, 0.2) is 6.79 Å². The van der Waals surface area contributed by atoms with E-state index in [0.717, 1.165) is 5.75 Å². The van der Waals surface area contributed by atoms with Crippen LogP contribution in [0, 0.1) is 0 Å². The van der Waals surface area contributed by atoms with Crippen LogP contribution < -0.4 is 9.92 Å². The highest BCUT2D eigenvalue weighted by molar-refractivity contribution is 6.89. The molecule has 0 aliphatic carbocycles. The van der Waals surface area contributed by atoms with Crippen LogP contribution in [0.4, 0.5) is 0 Å². The van der Waals surface area contributed by atoms with Gasteiger partial charge in [0.05, 0.1) is 8.07 Å². The largest absolute Gasteiger partial charge is 0.468 e. The Labute approximate surface area is 86.9 Å². The van der Waals surface area contributed by atoms with Crippen LogP contribution >= 0.6 is 0 Å². The van der Waals surface area contributed by atoms with E-state index < -0.39 is 8.07 Å². The maximum absolute atomic E-state index is 5.53. The average molecular weight is 210 g/mol. The Balaban J connectivity index is 2.92. The molecule has 3 heteroatoms. The Kier molecular flexibility index (Phi) is 3.72. The van der Waals surface area contributed by atoms with Crippen molar-refractivity contribution < 1.29 is 9.47 Å². The van der Waals surface area contributed by atoms with Gasteiger partial charge in [0, 0.05) is 7.11 Å². The molecule has 0 amide bonds. The zero-order valence-electron chi connectivity index (χ0n) is 9.33. The minimum Gasteiger partial charge on any atom is -0.468 e. The number of benzene rings is 1. The molecule has 78 valence electrons. The maximum Gasteiger partial charge on any atom is 0.188 e. The normalized spacial score (nSPS) is 11.4. The molecular weight excluding hydrogens is 192 g/mol. The zero-order valence-corrected chi connectivity index (χ0v) is 10.3. The summed E-state index contributed by atoms with van der Waals surface area (Å²) in [6.45, 7) is 7.24. The Morgan fingerprint density at radius 2 is 1.79 bits per heavy atom. The quantitative estimate of drug-likeness (QED) is 0.560. The Morgan fingerprint density at radius 1 is 1.14 bits per heavy atom. The van der Waals surface area contributed by atoms with Gasteiger partial charge in [-0.25, -0.2) is 0 Å². The smallest absolute Gasteiger partial charge is 0.188 e. The van der Waals surface area contributed by atoms with Gasteiger partial charge in [0.25, 0.3) is 0 Å². The standard InChI is InChI=1S/C11H18O2Si/c1-12-9-13-10-7-5-6-8-11(10)14(2,3)4/h5-8H,9H2,1-4H3. The SMILES string of the molecule is COCOc1ccccc1[Si](C)(C)C. The van der Waals surface area contributed by atoms with Crippen LogP contribution in [-0.4, -0.2) is 22.0 Å². The molecule has 1 aromatic carbocycles. The number of rotatable bonds is 4. The van der Waals surface area contributed by atoms with E-state index in [0.29, 0.717) is 6.79 Å². The first kappa shape index (κ1) is 11.3. The molecule has 14 heavy (non-hydrogen) atoms. The highest BCUT2D eigenvalue weighted by Gasteiger charge is 2.20. The molecule has 1 aromatic rings. The third-order valence-electron chi connectivity index (χ3n) is 2.03. The number of hydrogen-bond donors (Lipinski definition) is 0. The molecule has 0 fully saturated rings. The van der Waals surface area contributed by atoms with Crippen LogP contribution in [0.15, 0.2) is 24.3 Å². The minimum absolute atomic E-state index is 0.321. The first-order valence-corrected chi connectivity index (χ1v) is 8.27. The van der Waals surface area contributed by atoms with Gasteiger partial charge in [-0.1, -0.05) is 37.8 Å². The lowest BCUT2D eigenvalue weighted by Crippen LogP contribution is -2.38. The van der Waals surface area contributed by atoms with Crippen LogP contribution in [0.2, 0.25) is 19.6 Å². The first-order chi connectivity index (χ1) is 6.55. The molecule has 0 radical (unpaired) electrons. The van der Waals surface area contributed by atoms with Gasteiger partial charge >= 0.3 is 0 Å². The molecule has 0 heterocycles. The second kappa shape index (κ2) is 4.62. The van der Waals surface area contributed by atoms with E-state index in [9.17, 15) is 0 Å². The molecule has 2 nitrogen and oxygen atoms in total. The van der Waals surface area contributed by atoms with Gasteiger partial charge < -0.3 is 9.47 Å². The van der Waals surface area contributed by atoms with E-state index in [2.05, 4.69) is 31.8 Å². The van der Waals surface area contributed by atoms with Gasteiger partial charge in [-0.2, -0.15) is 0 Å². The van der Waals surface area contributed by atoms with Crippen molar-refractivity contribution in [3.63, 3.8) is 0 Å². The van der Waals surface area contributed by atoms with E-state index in [1.807, 2.05) is 12.1 Å². The molecule has 0 aromatic heterocycles. The third kappa shape index (κ3) is 2.85. The van der Waals surface area contributed by atoms with Crippen molar-refractivity contribution in [3.05, 3.63) is 24.3 Å². The summed E-state index contributed by atoms with van der Waals surface area (Å²) in [7, 11) is 0.328. The Morgan fingerprint density at radius 3 is 2.36 bits per heavy atom. The lowest BCUT2D eigenvalue weighted by Gasteiger charge is -2.20. The van der Waals surface area contributed by atoms with Crippen molar-refractivity contribution >= 4 is 13.3 Å². The minimum atomic E-state index is -1.31. The van der Waals surface area contributed by atoms with Gasteiger partial charge in [0.2, 0.25) is 0 Å². The molecule has 0 atom stereocenters. The van der Waals surface area contributed by atoms with Gasteiger partial charge in [0.1, 0.15) is 5.75 Å². The van der Waals surface area contributed by atoms with Crippen LogP contribution in [0.5, 0.6) is 5.75 Å². The van der Waals surface area contributed by atoms with E-state index in [1.54, 1.807) is 7.11 Å². The molecule has 0 spiro atoms. The van der Waals surface area contributed by atoms with Crippen molar-refractivity contribution in [1.29, 1.82) is 0 Å². The molecule has 0 N–H and O–H groups in total. The summed E-state index contributed by atoms with van der Waals surface area (Å²) in [5, 5.41) is 1.34. The number of methoxy groups -OCH3 is 1. The molecular formula is C11H18O2Si. The summed E-state index contributed by atoms with van der Waals surface area (Å²) in [6, 6.07) is 8.21. The fourth-order valence-electron chi connectivity index (χ4n) is 1.33. The third-order valence-corrected chi connectivity index (χ3v) is 4.06. The lowest BCUT2D eigenvalue weighted by atomic mass is 10.3. The predicted octanol–water partition coefficient (Wildman–Crippen LogP) is 2.21. The molecule has 1 rings (SSSR count). The van der Waals surface area contributed by atoms with Crippen molar-refractivity contribution in [2.24, 2.45) is 0 Å². The summed E-state index contributed by atoms with van der Waals surface area (Å²) in [5.41, 5.74) is 0. The van der Waals surface area contributed by atoms with Crippen molar-refractivity contribution in [2.75, 3.05) is 13.9 Å². The van der Waals surface area contributed by atoms with Crippen LogP contribution in [-0.2, 0) is 4.74 Å². The second-order valence-electron chi connectivity index (χ2n) is 4.30. The van der Waals surface area contributed by atoms with Crippen LogP contribution in [0.25, 0.3) is 0 Å². The maximum atomic E-state index is 5.53. The first-order valence-electron chi connectivity index (χ1n) is 4.77. The summed E-state index contributed by atoms with van der Waals surface area (Å²) >= 11 is 0. The van der Waals surface area contributed by atoms with E-state index in [-0.39, 0.29) is 0 Å². The molecule has 0 bridgehead atoms. The molecule has 0 saturated heterocycles. The summed E-state index contributed by atoms with van der Waals surface area (Å²) < 4.78 is 10.4. The number of para-hydroxylation sites is 1. The molecule has 0 saturated carbocycles. The second-order valence-corrected chi connectivity index (χ2v) is 9.34. The van der Waals surface area contributed by atoms with Crippen molar-refractivity contribution in [2.45, 2.75) is 19.6 Å². The van der Waals surface area contributed by atoms with E-state index in [4.69, 9.17) is 9.47 Å².